The summed E-state index contributed by atoms with van der Waals surface area (Å²) in [5, 5.41) is 4.02. The summed E-state index contributed by atoms with van der Waals surface area (Å²) in [6, 6.07) is 12.3. The highest BCUT2D eigenvalue weighted by atomic mass is 79.9. The fourth-order valence-corrected chi connectivity index (χ4v) is 2.99. The number of ketones is 1. The molecule has 0 aliphatic rings. The van der Waals surface area contributed by atoms with Crippen molar-refractivity contribution in [3.8, 4) is 0 Å². The molecule has 23 heavy (non-hydrogen) atoms. The average molecular weight is 392 g/mol. The summed E-state index contributed by atoms with van der Waals surface area (Å²) >= 11 is 9.36. The number of hydrogen-bond acceptors (Lipinski definition) is 2. The number of halogens is 2. The van der Waals surface area contributed by atoms with E-state index in [4.69, 9.17) is 11.6 Å². The number of amides is 1. The lowest BCUT2D eigenvalue weighted by molar-refractivity contribution is -0.114. The van der Waals surface area contributed by atoms with Gasteiger partial charge in [0.2, 0.25) is 11.7 Å². The molecule has 1 heterocycles. The summed E-state index contributed by atoms with van der Waals surface area (Å²) in [6.07, 6.45) is 0. The lowest BCUT2D eigenvalue weighted by Crippen LogP contribution is -2.11. The molecule has 2 aromatic carbocycles. The van der Waals surface area contributed by atoms with Gasteiger partial charge in [0.25, 0.3) is 0 Å². The van der Waals surface area contributed by atoms with E-state index < -0.39 is 0 Å². The molecule has 0 aliphatic heterocycles. The Kier molecular flexibility index (Phi) is 4.24. The molecule has 3 aromatic rings. The Morgan fingerprint density at radius 2 is 1.96 bits per heavy atom. The molecule has 6 heteroatoms. The number of H-pyrrole nitrogens is 1. The molecule has 1 aromatic heterocycles. The van der Waals surface area contributed by atoms with Gasteiger partial charge in [-0.2, -0.15) is 0 Å². The van der Waals surface area contributed by atoms with Crippen LogP contribution in [0.15, 0.2) is 46.9 Å². The summed E-state index contributed by atoms with van der Waals surface area (Å²) in [5.74, 6) is -0.452. The number of carbonyl (C=O) groups excluding carboxylic acids is 2. The minimum absolute atomic E-state index is 0.206. The van der Waals surface area contributed by atoms with E-state index in [0.29, 0.717) is 27.5 Å². The van der Waals surface area contributed by atoms with Crippen LogP contribution in [-0.4, -0.2) is 16.7 Å². The molecule has 2 N–H and O–H groups in total. The van der Waals surface area contributed by atoms with Crippen molar-refractivity contribution in [2.45, 2.75) is 6.92 Å². The van der Waals surface area contributed by atoms with Crippen LogP contribution < -0.4 is 5.32 Å². The summed E-state index contributed by atoms with van der Waals surface area (Å²) in [4.78, 5) is 27.4. The van der Waals surface area contributed by atoms with Crippen LogP contribution in [0.3, 0.4) is 0 Å². The molecule has 0 spiro atoms. The first-order valence-corrected chi connectivity index (χ1v) is 8.02. The smallest absolute Gasteiger partial charge is 0.221 e. The standard InChI is InChI=1S/C17H12BrClN2O2/c1-9(22)20-15-13-6-5-12(19)8-14(13)21-16(15)17(23)10-3-2-4-11(18)7-10/h2-8,21H,1H3,(H,20,22). The molecule has 0 aliphatic carbocycles. The Bertz CT molecular complexity index is 933. The highest BCUT2D eigenvalue weighted by Crippen LogP contribution is 2.31. The lowest BCUT2D eigenvalue weighted by Gasteiger charge is -2.05. The monoisotopic (exact) mass is 390 g/mol. The van der Waals surface area contributed by atoms with Crippen molar-refractivity contribution in [1.82, 2.24) is 4.98 Å². The molecular weight excluding hydrogens is 380 g/mol. The molecule has 4 nitrogen and oxygen atoms in total. The molecule has 0 saturated carbocycles. The van der Waals surface area contributed by atoms with Gasteiger partial charge in [0.1, 0.15) is 5.69 Å². The van der Waals surface area contributed by atoms with Crippen LogP contribution in [0.5, 0.6) is 0 Å². The van der Waals surface area contributed by atoms with Gasteiger partial charge in [-0.3, -0.25) is 9.59 Å². The van der Waals surface area contributed by atoms with Crippen LogP contribution in [0.4, 0.5) is 5.69 Å². The summed E-state index contributed by atoms with van der Waals surface area (Å²) in [5.41, 5.74) is 2.01. The van der Waals surface area contributed by atoms with Gasteiger partial charge >= 0.3 is 0 Å². The number of carbonyl (C=O) groups is 2. The van der Waals surface area contributed by atoms with Crippen molar-refractivity contribution >= 4 is 55.8 Å². The molecular formula is C17H12BrClN2O2. The van der Waals surface area contributed by atoms with Crippen molar-refractivity contribution in [3.63, 3.8) is 0 Å². The number of rotatable bonds is 3. The number of aromatic nitrogens is 1. The summed E-state index contributed by atoms with van der Waals surface area (Å²) in [6.45, 7) is 1.40. The summed E-state index contributed by atoms with van der Waals surface area (Å²) in [7, 11) is 0. The van der Waals surface area contributed by atoms with Gasteiger partial charge < -0.3 is 10.3 Å². The molecule has 3 rings (SSSR count). The zero-order valence-electron chi connectivity index (χ0n) is 12.1. The van der Waals surface area contributed by atoms with E-state index in [1.54, 1.807) is 36.4 Å². The highest BCUT2D eigenvalue weighted by Gasteiger charge is 2.20. The van der Waals surface area contributed by atoms with Crippen molar-refractivity contribution < 1.29 is 9.59 Å². The third kappa shape index (κ3) is 3.16. The Labute approximate surface area is 146 Å². The largest absolute Gasteiger partial charge is 0.350 e. The van der Waals surface area contributed by atoms with Crippen LogP contribution in [0.2, 0.25) is 5.02 Å². The van der Waals surface area contributed by atoms with E-state index in [-0.39, 0.29) is 11.7 Å². The number of nitrogens with one attached hydrogen (secondary N) is 2. The predicted octanol–water partition coefficient (Wildman–Crippen LogP) is 4.77. The third-order valence-electron chi connectivity index (χ3n) is 3.38. The molecule has 0 bridgehead atoms. The Balaban J connectivity index is 2.19. The van der Waals surface area contributed by atoms with Crippen molar-refractivity contribution in [2.24, 2.45) is 0 Å². The number of aromatic amines is 1. The van der Waals surface area contributed by atoms with Crippen LogP contribution in [0.1, 0.15) is 23.0 Å². The van der Waals surface area contributed by atoms with Gasteiger partial charge in [0, 0.05) is 32.9 Å². The van der Waals surface area contributed by atoms with Gasteiger partial charge in [0.15, 0.2) is 0 Å². The second-order valence-electron chi connectivity index (χ2n) is 5.09. The molecule has 0 unspecified atom stereocenters. The van der Waals surface area contributed by atoms with Crippen LogP contribution in [0, 0.1) is 0 Å². The first-order chi connectivity index (χ1) is 11.0. The maximum Gasteiger partial charge on any atom is 0.221 e. The zero-order chi connectivity index (χ0) is 16.6. The fourth-order valence-electron chi connectivity index (χ4n) is 2.42. The number of fused-ring (bicyclic) bond motifs is 1. The van der Waals surface area contributed by atoms with Gasteiger partial charge in [-0.1, -0.05) is 39.7 Å². The molecule has 0 saturated heterocycles. The van der Waals surface area contributed by atoms with Gasteiger partial charge in [-0.05, 0) is 30.3 Å². The first-order valence-electron chi connectivity index (χ1n) is 6.85. The van der Waals surface area contributed by atoms with E-state index in [1.165, 1.54) is 6.92 Å². The molecule has 1 amide bonds. The normalized spacial score (nSPS) is 10.7. The van der Waals surface area contributed by atoms with E-state index >= 15 is 0 Å². The Morgan fingerprint density at radius 3 is 2.65 bits per heavy atom. The molecule has 0 fully saturated rings. The van der Waals surface area contributed by atoms with E-state index in [0.717, 1.165) is 9.86 Å². The molecule has 116 valence electrons. The third-order valence-corrected chi connectivity index (χ3v) is 4.10. The second kappa shape index (κ2) is 6.18. The maximum atomic E-state index is 12.8. The quantitative estimate of drug-likeness (QED) is 0.632. The average Bonchev–Trinajstić information content (AvgIpc) is 2.83. The number of benzene rings is 2. The number of anilines is 1. The van der Waals surface area contributed by atoms with Gasteiger partial charge in [0.05, 0.1) is 5.69 Å². The Morgan fingerprint density at radius 1 is 1.17 bits per heavy atom. The summed E-state index contributed by atoms with van der Waals surface area (Å²) < 4.78 is 0.809. The molecule has 0 atom stereocenters. The predicted molar refractivity (Wildman–Crippen MR) is 95.2 cm³/mol. The van der Waals surface area contributed by atoms with Crippen LogP contribution in [-0.2, 0) is 4.79 Å². The van der Waals surface area contributed by atoms with Gasteiger partial charge in [-0.15, -0.1) is 0 Å². The zero-order valence-corrected chi connectivity index (χ0v) is 14.5. The van der Waals surface area contributed by atoms with Crippen LogP contribution in [0.25, 0.3) is 10.9 Å². The number of hydrogen-bond donors (Lipinski definition) is 2. The second-order valence-corrected chi connectivity index (χ2v) is 6.44. The van der Waals surface area contributed by atoms with Crippen LogP contribution >= 0.6 is 27.5 Å². The first kappa shape index (κ1) is 15.8. The SMILES string of the molecule is CC(=O)Nc1c(C(=O)c2cccc(Br)c2)[nH]c2cc(Cl)ccc12. The van der Waals surface area contributed by atoms with E-state index in [2.05, 4.69) is 26.2 Å². The maximum absolute atomic E-state index is 12.8. The Hall–Kier alpha value is -2.11. The van der Waals surface area contributed by atoms with Gasteiger partial charge in [-0.25, -0.2) is 0 Å². The molecule has 0 radical (unpaired) electrons. The fraction of sp³-hybridized carbons (Fsp3) is 0.0588. The lowest BCUT2D eigenvalue weighted by atomic mass is 10.1. The minimum atomic E-state index is -0.246. The van der Waals surface area contributed by atoms with E-state index in [9.17, 15) is 9.59 Å². The van der Waals surface area contributed by atoms with Crippen molar-refractivity contribution in [1.29, 1.82) is 0 Å². The van der Waals surface area contributed by atoms with Crippen molar-refractivity contribution in [2.75, 3.05) is 5.32 Å². The minimum Gasteiger partial charge on any atom is -0.350 e. The highest BCUT2D eigenvalue weighted by molar-refractivity contribution is 9.10. The van der Waals surface area contributed by atoms with E-state index in [1.807, 2.05) is 6.07 Å². The van der Waals surface area contributed by atoms with Crippen molar-refractivity contribution in [3.05, 3.63) is 63.2 Å². The topological polar surface area (TPSA) is 62.0 Å².